The Bertz CT molecular complexity index is 1220. The van der Waals surface area contributed by atoms with Crippen molar-refractivity contribution in [3.8, 4) is 11.1 Å². The summed E-state index contributed by atoms with van der Waals surface area (Å²) in [6.45, 7) is 3.77. The van der Waals surface area contributed by atoms with Gasteiger partial charge in [0.15, 0.2) is 24.0 Å². The van der Waals surface area contributed by atoms with Crippen LogP contribution in [0.4, 0.5) is 4.39 Å². The van der Waals surface area contributed by atoms with Crippen LogP contribution in [0.5, 0.6) is 0 Å². The Labute approximate surface area is 184 Å². The molecule has 1 aliphatic rings. The smallest absolute Gasteiger partial charge is 0.175 e. The van der Waals surface area contributed by atoms with E-state index in [0.717, 1.165) is 16.7 Å². The summed E-state index contributed by atoms with van der Waals surface area (Å²) in [6, 6.07) is 17.3. The summed E-state index contributed by atoms with van der Waals surface area (Å²) >= 11 is 6.03. The minimum absolute atomic E-state index is 0.331. The Hall–Kier alpha value is -2.80. The minimum atomic E-state index is -0.831. The number of hydrogen-bond acceptors (Lipinski definition) is 4. The molecule has 0 saturated carbocycles. The van der Waals surface area contributed by atoms with Crippen molar-refractivity contribution < 1.29 is 13.9 Å². The van der Waals surface area contributed by atoms with Gasteiger partial charge in [-0.25, -0.2) is 13.9 Å². The zero-order valence-corrected chi connectivity index (χ0v) is 17.9. The molecular weight excluding hydrogens is 417 g/mol. The fourth-order valence-electron chi connectivity index (χ4n) is 4.22. The number of halogens is 2. The Balaban J connectivity index is 1.67. The van der Waals surface area contributed by atoms with Crippen LogP contribution in [0.25, 0.3) is 16.8 Å². The van der Waals surface area contributed by atoms with Crippen LogP contribution < -0.4 is 0 Å². The van der Waals surface area contributed by atoms with E-state index in [-0.39, 0.29) is 6.29 Å². The van der Waals surface area contributed by atoms with Crippen LogP contribution in [0.15, 0.2) is 67.0 Å². The van der Waals surface area contributed by atoms with Crippen molar-refractivity contribution in [1.29, 1.82) is 0 Å². The maximum atomic E-state index is 15.3. The standard InChI is InChI=1S/C24H21ClFN3O2/c1-15-30-23(31-15)24(2,12-16-6-4-3-5-7-16)21-20(26)14-27-22-19(13-28-29(21)22)17-8-10-18(25)11-9-17/h3-11,13-15,23H,12H2,1-2H3. The molecule has 1 aliphatic heterocycles. The van der Waals surface area contributed by atoms with Crippen molar-refractivity contribution in [1.82, 2.24) is 14.6 Å². The number of aromatic nitrogens is 3. The van der Waals surface area contributed by atoms with E-state index in [1.807, 2.05) is 68.4 Å². The second-order valence-electron chi connectivity index (χ2n) is 8.01. The molecule has 1 atom stereocenters. The SMILES string of the molecule is CC1OC(C(C)(Cc2ccccc2)c2c(F)cnc3c(-c4ccc(Cl)cc4)cnn23)O1. The molecule has 4 aromatic rings. The lowest BCUT2D eigenvalue weighted by molar-refractivity contribution is -0.397. The van der Waals surface area contributed by atoms with Crippen LogP contribution >= 0.6 is 11.6 Å². The fourth-order valence-corrected chi connectivity index (χ4v) is 4.34. The predicted octanol–water partition coefficient (Wildman–Crippen LogP) is 5.41. The summed E-state index contributed by atoms with van der Waals surface area (Å²) in [4.78, 5) is 4.35. The highest BCUT2D eigenvalue weighted by atomic mass is 35.5. The zero-order chi connectivity index (χ0) is 21.6. The van der Waals surface area contributed by atoms with Gasteiger partial charge in [0, 0.05) is 10.6 Å². The topological polar surface area (TPSA) is 48.7 Å². The van der Waals surface area contributed by atoms with Gasteiger partial charge in [-0.05, 0) is 43.5 Å². The third-order valence-corrected chi connectivity index (χ3v) is 6.00. The van der Waals surface area contributed by atoms with Crippen LogP contribution in [0.3, 0.4) is 0 Å². The minimum Gasteiger partial charge on any atom is -0.323 e. The van der Waals surface area contributed by atoms with E-state index in [4.69, 9.17) is 21.1 Å². The van der Waals surface area contributed by atoms with Gasteiger partial charge in [0.05, 0.1) is 23.5 Å². The second kappa shape index (κ2) is 7.71. The van der Waals surface area contributed by atoms with Gasteiger partial charge in [-0.15, -0.1) is 0 Å². The number of ether oxygens (including phenoxy) is 2. The molecule has 0 amide bonds. The quantitative estimate of drug-likeness (QED) is 0.419. The molecule has 3 heterocycles. The van der Waals surface area contributed by atoms with E-state index in [1.54, 1.807) is 10.7 Å². The molecule has 0 radical (unpaired) electrons. The van der Waals surface area contributed by atoms with Gasteiger partial charge >= 0.3 is 0 Å². The largest absolute Gasteiger partial charge is 0.323 e. The lowest BCUT2D eigenvalue weighted by Gasteiger charge is -2.45. The van der Waals surface area contributed by atoms with Crippen LogP contribution in [0, 0.1) is 5.82 Å². The fraction of sp³-hybridized carbons (Fsp3) is 0.250. The molecule has 31 heavy (non-hydrogen) atoms. The van der Waals surface area contributed by atoms with Gasteiger partial charge in [-0.3, -0.25) is 0 Å². The molecule has 7 heteroatoms. The summed E-state index contributed by atoms with van der Waals surface area (Å²) in [7, 11) is 0. The van der Waals surface area contributed by atoms with E-state index in [2.05, 4.69) is 10.1 Å². The van der Waals surface area contributed by atoms with E-state index in [9.17, 15) is 0 Å². The monoisotopic (exact) mass is 437 g/mol. The lowest BCUT2D eigenvalue weighted by Crippen LogP contribution is -2.54. The van der Waals surface area contributed by atoms with Gasteiger partial charge < -0.3 is 9.47 Å². The molecule has 0 bridgehead atoms. The molecule has 2 aromatic heterocycles. The molecular formula is C24H21ClFN3O2. The van der Waals surface area contributed by atoms with Crippen LogP contribution in [-0.4, -0.2) is 27.2 Å². The van der Waals surface area contributed by atoms with Crippen molar-refractivity contribution in [2.45, 2.75) is 38.3 Å². The predicted molar refractivity (Wildman–Crippen MR) is 116 cm³/mol. The maximum absolute atomic E-state index is 15.3. The molecule has 0 N–H and O–H groups in total. The normalized spacial score (nSPS) is 20.4. The number of benzene rings is 2. The van der Waals surface area contributed by atoms with Crippen LogP contribution in [0.2, 0.25) is 5.02 Å². The van der Waals surface area contributed by atoms with Gasteiger partial charge in [0.2, 0.25) is 0 Å². The average Bonchev–Trinajstić information content (AvgIpc) is 3.16. The van der Waals surface area contributed by atoms with E-state index < -0.39 is 17.5 Å². The Morgan fingerprint density at radius 3 is 2.45 bits per heavy atom. The zero-order valence-electron chi connectivity index (χ0n) is 17.1. The van der Waals surface area contributed by atoms with Crippen molar-refractivity contribution in [2.75, 3.05) is 0 Å². The Morgan fingerprint density at radius 2 is 1.77 bits per heavy atom. The van der Waals surface area contributed by atoms with Gasteiger partial charge in [-0.2, -0.15) is 5.10 Å². The molecule has 1 unspecified atom stereocenters. The van der Waals surface area contributed by atoms with Gasteiger partial charge in [0.25, 0.3) is 0 Å². The van der Waals surface area contributed by atoms with Crippen LogP contribution in [0.1, 0.15) is 25.1 Å². The average molecular weight is 438 g/mol. The summed E-state index contributed by atoms with van der Waals surface area (Å²) < 4.78 is 28.7. The van der Waals surface area contributed by atoms with E-state index in [0.29, 0.717) is 22.8 Å². The van der Waals surface area contributed by atoms with Crippen molar-refractivity contribution in [2.24, 2.45) is 0 Å². The third kappa shape index (κ3) is 3.51. The van der Waals surface area contributed by atoms with E-state index >= 15 is 4.39 Å². The Morgan fingerprint density at radius 1 is 1.06 bits per heavy atom. The highest BCUT2D eigenvalue weighted by Gasteiger charge is 2.48. The molecule has 0 aliphatic carbocycles. The first kappa shape index (κ1) is 20.1. The first-order valence-electron chi connectivity index (χ1n) is 10.1. The lowest BCUT2D eigenvalue weighted by atomic mass is 9.78. The molecule has 1 fully saturated rings. The van der Waals surface area contributed by atoms with Crippen molar-refractivity contribution >= 4 is 17.2 Å². The molecule has 5 rings (SSSR count). The summed E-state index contributed by atoms with van der Waals surface area (Å²) in [5, 5.41) is 5.16. The third-order valence-electron chi connectivity index (χ3n) is 5.74. The first-order valence-corrected chi connectivity index (χ1v) is 10.5. The number of nitrogens with zero attached hydrogens (tertiary/aromatic N) is 3. The van der Waals surface area contributed by atoms with Gasteiger partial charge in [-0.1, -0.05) is 54.1 Å². The molecule has 2 aromatic carbocycles. The highest BCUT2D eigenvalue weighted by molar-refractivity contribution is 6.30. The number of rotatable bonds is 5. The molecule has 5 nitrogen and oxygen atoms in total. The summed E-state index contributed by atoms with van der Waals surface area (Å²) in [6.07, 6.45) is 2.52. The number of hydrogen-bond donors (Lipinski definition) is 0. The summed E-state index contributed by atoms with van der Waals surface area (Å²) in [5.74, 6) is -0.455. The number of fused-ring (bicyclic) bond motifs is 1. The highest BCUT2D eigenvalue weighted by Crippen LogP contribution is 2.41. The van der Waals surface area contributed by atoms with Crippen molar-refractivity contribution in [3.63, 3.8) is 0 Å². The molecule has 1 saturated heterocycles. The maximum Gasteiger partial charge on any atom is 0.175 e. The summed E-state index contributed by atoms with van der Waals surface area (Å²) in [5.41, 5.74) is 2.85. The Kier molecular flexibility index (Phi) is 5.01. The second-order valence-corrected chi connectivity index (χ2v) is 8.44. The molecule has 0 spiro atoms. The first-order chi connectivity index (χ1) is 15.0. The van der Waals surface area contributed by atoms with Crippen LogP contribution in [-0.2, 0) is 21.3 Å². The van der Waals surface area contributed by atoms with Crippen molar-refractivity contribution in [3.05, 3.63) is 89.1 Å². The molecule has 158 valence electrons. The van der Waals surface area contributed by atoms with Gasteiger partial charge in [0.1, 0.15) is 0 Å². The van der Waals surface area contributed by atoms with E-state index in [1.165, 1.54) is 6.20 Å².